The summed E-state index contributed by atoms with van der Waals surface area (Å²) in [4.78, 5) is 0. The molecule has 17 heavy (non-hydrogen) atoms. The lowest BCUT2D eigenvalue weighted by atomic mass is 9.85. The molecule has 0 amide bonds. The summed E-state index contributed by atoms with van der Waals surface area (Å²) in [5.41, 5.74) is 0. The standard InChI is InChI=1S/C12H24N2O2S/c1-2-10-4-3-5-11(8-10)14-17(15,16)12-6-7-13-9-12/h10-14H,2-9H2,1H3. The second kappa shape index (κ2) is 5.67. The van der Waals surface area contributed by atoms with Crippen LogP contribution in [0.15, 0.2) is 0 Å². The lowest BCUT2D eigenvalue weighted by Crippen LogP contribution is -2.43. The van der Waals surface area contributed by atoms with Gasteiger partial charge in [0.2, 0.25) is 10.0 Å². The summed E-state index contributed by atoms with van der Waals surface area (Å²) < 4.78 is 27.2. The first-order chi connectivity index (χ1) is 8.12. The van der Waals surface area contributed by atoms with Gasteiger partial charge in [-0.2, -0.15) is 0 Å². The average Bonchev–Trinajstić information content (AvgIpc) is 2.83. The van der Waals surface area contributed by atoms with Crippen LogP contribution >= 0.6 is 0 Å². The number of hydrogen-bond donors (Lipinski definition) is 2. The van der Waals surface area contributed by atoms with E-state index in [1.807, 2.05) is 0 Å². The lowest BCUT2D eigenvalue weighted by Gasteiger charge is -2.29. The van der Waals surface area contributed by atoms with Crippen molar-refractivity contribution in [2.75, 3.05) is 13.1 Å². The number of nitrogens with one attached hydrogen (secondary N) is 2. The van der Waals surface area contributed by atoms with Gasteiger partial charge in [0, 0.05) is 12.6 Å². The zero-order valence-corrected chi connectivity index (χ0v) is 11.4. The van der Waals surface area contributed by atoms with Gasteiger partial charge in [-0.25, -0.2) is 13.1 Å². The van der Waals surface area contributed by atoms with E-state index in [9.17, 15) is 8.42 Å². The molecule has 3 atom stereocenters. The zero-order chi connectivity index (χ0) is 12.3. The van der Waals surface area contributed by atoms with Crippen molar-refractivity contribution in [2.24, 2.45) is 5.92 Å². The summed E-state index contributed by atoms with van der Waals surface area (Å²) in [5, 5.41) is 2.90. The van der Waals surface area contributed by atoms with Crippen LogP contribution in [-0.4, -0.2) is 32.8 Å². The fraction of sp³-hybridized carbons (Fsp3) is 1.00. The Balaban J connectivity index is 1.90. The Morgan fingerprint density at radius 1 is 1.29 bits per heavy atom. The third-order valence-corrected chi connectivity index (χ3v) is 6.09. The normalized spacial score (nSPS) is 35.0. The van der Waals surface area contributed by atoms with E-state index in [4.69, 9.17) is 0 Å². The zero-order valence-electron chi connectivity index (χ0n) is 10.6. The number of sulfonamides is 1. The van der Waals surface area contributed by atoms with E-state index in [0.717, 1.165) is 32.2 Å². The molecule has 1 saturated carbocycles. The fourth-order valence-corrected chi connectivity index (χ4v) is 4.63. The molecule has 0 aromatic carbocycles. The SMILES string of the molecule is CCC1CCCC(NS(=O)(=O)C2CCNC2)C1. The number of hydrogen-bond acceptors (Lipinski definition) is 3. The van der Waals surface area contributed by atoms with Gasteiger partial charge in [-0.05, 0) is 31.7 Å². The van der Waals surface area contributed by atoms with E-state index in [0.29, 0.717) is 12.5 Å². The van der Waals surface area contributed by atoms with E-state index in [-0.39, 0.29) is 11.3 Å². The van der Waals surface area contributed by atoms with Crippen LogP contribution in [0.3, 0.4) is 0 Å². The molecule has 1 heterocycles. The maximum Gasteiger partial charge on any atom is 0.216 e. The molecule has 5 heteroatoms. The summed E-state index contributed by atoms with van der Waals surface area (Å²) in [6.45, 7) is 3.63. The molecule has 1 aliphatic carbocycles. The van der Waals surface area contributed by atoms with E-state index in [1.165, 1.54) is 12.8 Å². The maximum atomic E-state index is 12.1. The first-order valence-corrected chi connectivity index (χ1v) is 8.38. The molecule has 0 spiro atoms. The highest BCUT2D eigenvalue weighted by Gasteiger charge is 2.32. The van der Waals surface area contributed by atoms with Gasteiger partial charge in [-0.15, -0.1) is 0 Å². The van der Waals surface area contributed by atoms with Gasteiger partial charge >= 0.3 is 0 Å². The summed E-state index contributed by atoms with van der Waals surface area (Å²) in [7, 11) is -3.10. The molecule has 2 fully saturated rings. The van der Waals surface area contributed by atoms with Crippen molar-refractivity contribution in [3.63, 3.8) is 0 Å². The van der Waals surface area contributed by atoms with Crippen molar-refractivity contribution in [3.05, 3.63) is 0 Å². The first-order valence-electron chi connectivity index (χ1n) is 6.83. The van der Waals surface area contributed by atoms with Crippen LogP contribution in [0.5, 0.6) is 0 Å². The first kappa shape index (κ1) is 13.3. The summed E-state index contributed by atoms with van der Waals surface area (Å²) in [5.74, 6) is 0.707. The molecule has 0 bridgehead atoms. The Bertz CT molecular complexity index is 336. The molecule has 100 valence electrons. The van der Waals surface area contributed by atoms with E-state index in [1.54, 1.807) is 0 Å². The fourth-order valence-electron chi connectivity index (χ4n) is 2.99. The van der Waals surface area contributed by atoms with Crippen LogP contribution in [0.2, 0.25) is 0 Å². The van der Waals surface area contributed by atoms with Crippen molar-refractivity contribution >= 4 is 10.0 Å². The average molecular weight is 260 g/mol. The second-order valence-corrected chi connectivity index (χ2v) is 7.41. The van der Waals surface area contributed by atoms with Crippen molar-refractivity contribution in [3.8, 4) is 0 Å². The molecule has 3 unspecified atom stereocenters. The molecule has 1 saturated heterocycles. The van der Waals surface area contributed by atoms with E-state index in [2.05, 4.69) is 17.0 Å². The highest BCUT2D eigenvalue weighted by atomic mass is 32.2. The predicted octanol–water partition coefficient (Wildman–Crippen LogP) is 1.24. The predicted molar refractivity (Wildman–Crippen MR) is 69.4 cm³/mol. The summed E-state index contributed by atoms with van der Waals surface area (Å²) in [6.07, 6.45) is 6.38. The van der Waals surface area contributed by atoms with Gasteiger partial charge in [0.1, 0.15) is 0 Å². The lowest BCUT2D eigenvalue weighted by molar-refractivity contribution is 0.300. The van der Waals surface area contributed by atoms with E-state index >= 15 is 0 Å². The Hall–Kier alpha value is -0.130. The van der Waals surface area contributed by atoms with Crippen LogP contribution in [0.1, 0.15) is 45.4 Å². The van der Waals surface area contributed by atoms with Crippen LogP contribution < -0.4 is 10.0 Å². The molecule has 0 aromatic rings. The van der Waals surface area contributed by atoms with Gasteiger partial charge in [-0.1, -0.05) is 26.2 Å². The highest BCUT2D eigenvalue weighted by Crippen LogP contribution is 2.27. The quantitative estimate of drug-likeness (QED) is 0.799. The number of rotatable bonds is 4. The summed E-state index contributed by atoms with van der Waals surface area (Å²) in [6, 6.07) is 0.180. The molecular formula is C12H24N2O2S. The van der Waals surface area contributed by atoms with Gasteiger partial charge in [0.05, 0.1) is 5.25 Å². The van der Waals surface area contributed by atoms with Crippen molar-refractivity contribution in [1.82, 2.24) is 10.0 Å². The third kappa shape index (κ3) is 3.42. The second-order valence-electron chi connectivity index (χ2n) is 5.42. The minimum atomic E-state index is -3.10. The Labute approximate surface area is 105 Å². The minimum absolute atomic E-state index is 0.180. The monoisotopic (exact) mass is 260 g/mol. The van der Waals surface area contributed by atoms with Crippen LogP contribution in [0.25, 0.3) is 0 Å². The molecule has 2 aliphatic rings. The highest BCUT2D eigenvalue weighted by molar-refractivity contribution is 7.90. The van der Waals surface area contributed by atoms with Gasteiger partial charge in [0.15, 0.2) is 0 Å². The van der Waals surface area contributed by atoms with Gasteiger partial charge in [0.25, 0.3) is 0 Å². The maximum absolute atomic E-state index is 12.1. The molecular weight excluding hydrogens is 236 g/mol. The molecule has 2 rings (SSSR count). The van der Waals surface area contributed by atoms with Crippen LogP contribution in [-0.2, 0) is 10.0 Å². The van der Waals surface area contributed by atoms with Crippen molar-refractivity contribution in [1.29, 1.82) is 0 Å². The van der Waals surface area contributed by atoms with Gasteiger partial charge in [-0.3, -0.25) is 0 Å². The molecule has 0 aromatic heterocycles. The Morgan fingerprint density at radius 2 is 2.12 bits per heavy atom. The molecule has 4 nitrogen and oxygen atoms in total. The van der Waals surface area contributed by atoms with E-state index < -0.39 is 10.0 Å². The van der Waals surface area contributed by atoms with Crippen LogP contribution in [0.4, 0.5) is 0 Å². The molecule has 0 radical (unpaired) electrons. The molecule has 1 aliphatic heterocycles. The largest absolute Gasteiger partial charge is 0.315 e. The third-order valence-electron chi connectivity index (χ3n) is 4.15. The van der Waals surface area contributed by atoms with Crippen molar-refractivity contribution < 1.29 is 8.42 Å². The summed E-state index contributed by atoms with van der Waals surface area (Å²) >= 11 is 0. The minimum Gasteiger partial charge on any atom is -0.315 e. The smallest absolute Gasteiger partial charge is 0.216 e. The topological polar surface area (TPSA) is 58.2 Å². The Morgan fingerprint density at radius 3 is 2.76 bits per heavy atom. The molecule has 2 N–H and O–H groups in total. The van der Waals surface area contributed by atoms with Crippen LogP contribution in [0, 0.1) is 5.92 Å². The van der Waals surface area contributed by atoms with Crippen molar-refractivity contribution in [2.45, 2.75) is 56.7 Å². The van der Waals surface area contributed by atoms with Gasteiger partial charge < -0.3 is 5.32 Å². The Kier molecular flexibility index (Phi) is 4.44.